The fourth-order valence-corrected chi connectivity index (χ4v) is 6.39. The largest absolute Gasteiger partial charge is 0.469 e. The van der Waals surface area contributed by atoms with E-state index in [0.717, 1.165) is 25.0 Å². The first kappa shape index (κ1) is 41.8. The molecule has 0 saturated carbocycles. The lowest BCUT2D eigenvalue weighted by Gasteiger charge is -2.23. The van der Waals surface area contributed by atoms with Gasteiger partial charge in [0, 0.05) is 42.0 Å². The number of fused-ring (bicyclic) bond motifs is 1. The average molecular weight is 707 g/mol. The van der Waals surface area contributed by atoms with E-state index in [4.69, 9.17) is 38.7 Å². The number of azide groups is 1. The van der Waals surface area contributed by atoms with Gasteiger partial charge in [0.2, 0.25) is 5.91 Å². The van der Waals surface area contributed by atoms with Crippen LogP contribution in [0.5, 0.6) is 0 Å². The summed E-state index contributed by atoms with van der Waals surface area (Å²) in [5, 5.41) is 9.75. The van der Waals surface area contributed by atoms with Gasteiger partial charge in [0.25, 0.3) is 0 Å². The molecule has 2 aliphatic rings. The van der Waals surface area contributed by atoms with E-state index in [1.807, 2.05) is 11.8 Å². The van der Waals surface area contributed by atoms with Crippen LogP contribution in [0.1, 0.15) is 32.1 Å². The summed E-state index contributed by atoms with van der Waals surface area (Å²) < 4.78 is 43.0. The lowest BCUT2D eigenvalue weighted by atomic mass is 10.0. The molecule has 0 aromatic carbocycles. The topological polar surface area (TPSA) is 201 Å². The third-order valence-corrected chi connectivity index (χ3v) is 8.88. The number of carbonyl (C=O) groups excluding carboxylic acids is 3. The average Bonchev–Trinajstić information content (AvgIpc) is 3.64. The number of ether oxygens (including phenoxy) is 8. The molecule has 2 N–H and O–H groups in total. The van der Waals surface area contributed by atoms with Crippen molar-refractivity contribution in [1.29, 1.82) is 0 Å². The molecule has 0 aliphatic carbocycles. The molecule has 0 spiro atoms. The number of nitrogens with zero attached hydrogens (tertiary/aromatic N) is 4. The van der Waals surface area contributed by atoms with Crippen LogP contribution in [0.25, 0.3) is 10.4 Å². The molecule has 18 heteroatoms. The van der Waals surface area contributed by atoms with Crippen LogP contribution in [0.2, 0.25) is 0 Å². The maximum Gasteiger partial charge on any atom is 0.315 e. The van der Waals surface area contributed by atoms with Crippen molar-refractivity contribution in [1.82, 2.24) is 15.5 Å². The predicted molar refractivity (Wildman–Crippen MR) is 177 cm³/mol. The van der Waals surface area contributed by atoms with E-state index in [2.05, 4.69) is 25.4 Å². The van der Waals surface area contributed by atoms with Gasteiger partial charge in [-0.25, -0.2) is 4.79 Å². The van der Waals surface area contributed by atoms with Crippen molar-refractivity contribution in [2.75, 3.05) is 125 Å². The normalized spacial score (nSPS) is 18.2. The highest BCUT2D eigenvalue weighted by molar-refractivity contribution is 8.00. The second-order valence-electron chi connectivity index (χ2n) is 10.8. The minimum Gasteiger partial charge on any atom is -0.469 e. The number of esters is 1. The van der Waals surface area contributed by atoms with Crippen molar-refractivity contribution < 1.29 is 52.3 Å². The molecule has 0 radical (unpaired) electrons. The third-order valence-electron chi connectivity index (χ3n) is 7.37. The molecule has 2 fully saturated rings. The van der Waals surface area contributed by atoms with Gasteiger partial charge >= 0.3 is 12.0 Å². The highest BCUT2D eigenvalue weighted by atomic mass is 32.2. The lowest BCUT2D eigenvalue weighted by Crippen LogP contribution is -2.37. The van der Waals surface area contributed by atoms with Crippen LogP contribution in [0.15, 0.2) is 5.11 Å². The number of thioether (sulfide) groups is 1. The van der Waals surface area contributed by atoms with Crippen molar-refractivity contribution >= 4 is 29.7 Å². The van der Waals surface area contributed by atoms with E-state index >= 15 is 0 Å². The number of carbonyl (C=O) groups is 3. The maximum absolute atomic E-state index is 13.1. The molecule has 2 heterocycles. The SMILES string of the molecule is COC(=O)CCOCCOCCOCCOCCN(CCOCCOCCOCCN=[N+]=[N-])C(=O)CCCC[C@@H]1SC[C@@H]2NC(=O)N[C@@H]21. The van der Waals surface area contributed by atoms with Crippen molar-refractivity contribution in [2.45, 2.75) is 49.4 Å². The molecule has 2 saturated heterocycles. The molecule has 0 bridgehead atoms. The predicted octanol–water partition coefficient (Wildman–Crippen LogP) is 1.53. The van der Waals surface area contributed by atoms with E-state index in [9.17, 15) is 14.4 Å². The first-order chi connectivity index (χ1) is 23.5. The van der Waals surface area contributed by atoms with Gasteiger partial charge in [-0.3, -0.25) is 9.59 Å². The summed E-state index contributed by atoms with van der Waals surface area (Å²) in [5.41, 5.74) is 8.24. The zero-order valence-electron chi connectivity index (χ0n) is 28.2. The molecule has 276 valence electrons. The van der Waals surface area contributed by atoms with Crippen LogP contribution in [0.4, 0.5) is 4.79 Å². The fraction of sp³-hybridized carbons (Fsp3) is 0.900. The first-order valence-electron chi connectivity index (χ1n) is 16.6. The van der Waals surface area contributed by atoms with Gasteiger partial charge in [0.1, 0.15) is 0 Å². The van der Waals surface area contributed by atoms with Crippen LogP contribution in [0, 0.1) is 0 Å². The molecule has 0 aromatic heterocycles. The highest BCUT2D eigenvalue weighted by Crippen LogP contribution is 2.33. The van der Waals surface area contributed by atoms with Crippen LogP contribution in [-0.2, 0) is 47.5 Å². The fourth-order valence-electron chi connectivity index (χ4n) is 4.84. The molecule has 3 atom stereocenters. The number of urea groups is 1. The van der Waals surface area contributed by atoms with Gasteiger partial charge < -0.3 is 53.4 Å². The van der Waals surface area contributed by atoms with E-state index in [-0.39, 0.29) is 36.4 Å². The van der Waals surface area contributed by atoms with Gasteiger partial charge in [-0.05, 0) is 18.4 Å². The molecule has 48 heavy (non-hydrogen) atoms. The molecule has 2 aliphatic heterocycles. The van der Waals surface area contributed by atoms with E-state index in [0.29, 0.717) is 124 Å². The summed E-state index contributed by atoms with van der Waals surface area (Å²) >= 11 is 1.88. The van der Waals surface area contributed by atoms with Gasteiger partial charge in [-0.2, -0.15) is 11.8 Å². The second-order valence-corrected chi connectivity index (χ2v) is 12.1. The summed E-state index contributed by atoms with van der Waals surface area (Å²) in [7, 11) is 1.34. The number of amides is 3. The Hall–Kier alpha value is -2.41. The Balaban J connectivity index is 1.55. The van der Waals surface area contributed by atoms with Gasteiger partial charge in [0.15, 0.2) is 0 Å². The molecule has 2 rings (SSSR count). The molecular formula is C30H54N6O11S. The van der Waals surface area contributed by atoms with Crippen molar-refractivity contribution in [3.63, 3.8) is 0 Å². The van der Waals surface area contributed by atoms with Gasteiger partial charge in [-0.1, -0.05) is 11.5 Å². The van der Waals surface area contributed by atoms with Crippen LogP contribution < -0.4 is 10.6 Å². The summed E-state index contributed by atoms with van der Waals surface area (Å²) in [6.45, 7) is 6.69. The Morgan fingerprint density at radius 3 is 1.90 bits per heavy atom. The van der Waals surface area contributed by atoms with Crippen LogP contribution in [0.3, 0.4) is 0 Å². The summed E-state index contributed by atoms with van der Waals surface area (Å²) in [6.07, 6.45) is 3.32. The number of nitrogens with one attached hydrogen (secondary N) is 2. The second kappa shape index (κ2) is 28.4. The lowest BCUT2D eigenvalue weighted by molar-refractivity contribution is -0.142. The number of hydrogen-bond acceptors (Lipinski definition) is 13. The summed E-state index contributed by atoms with van der Waals surface area (Å²) in [4.78, 5) is 40.2. The first-order valence-corrected chi connectivity index (χ1v) is 17.7. The van der Waals surface area contributed by atoms with E-state index in [1.165, 1.54) is 7.11 Å². The third kappa shape index (κ3) is 20.2. The van der Waals surface area contributed by atoms with E-state index in [1.54, 1.807) is 4.90 Å². The summed E-state index contributed by atoms with van der Waals surface area (Å²) in [5.74, 6) is 0.681. The molecule has 0 aromatic rings. The highest BCUT2D eigenvalue weighted by Gasteiger charge is 2.42. The monoisotopic (exact) mass is 706 g/mol. The zero-order valence-corrected chi connectivity index (χ0v) is 29.0. The number of unbranched alkanes of at least 4 members (excludes halogenated alkanes) is 1. The Kier molecular flexibility index (Phi) is 24.7. The number of methoxy groups -OCH3 is 1. The molecule has 0 unspecified atom stereocenters. The van der Waals surface area contributed by atoms with Crippen molar-refractivity contribution in [3.8, 4) is 0 Å². The van der Waals surface area contributed by atoms with Crippen molar-refractivity contribution in [2.24, 2.45) is 5.11 Å². The quantitative estimate of drug-likeness (QED) is 0.0256. The standard InChI is InChI=1S/C30H54N6O11S/c1-40-28(38)6-10-41-14-18-45-22-23-47-21-17-44-13-9-36(8-12-43-16-20-46-19-15-42-11-7-32-35-31)27(37)5-3-2-4-26-29-25(24-48-26)33-30(39)34-29/h25-26,29H,2-24H2,1H3,(H2,33,34,39)/t25-,26-,29-/m0/s1. The van der Waals surface area contributed by atoms with Crippen LogP contribution in [-0.4, -0.2) is 165 Å². The minimum absolute atomic E-state index is 0.0618. The Bertz CT molecular complexity index is 934. The Morgan fingerprint density at radius 1 is 0.792 bits per heavy atom. The zero-order chi connectivity index (χ0) is 34.5. The van der Waals surface area contributed by atoms with Gasteiger partial charge in [0.05, 0.1) is 118 Å². The number of hydrogen-bond donors (Lipinski definition) is 2. The molecule has 3 amide bonds. The number of rotatable bonds is 32. The maximum atomic E-state index is 13.1. The molecule has 17 nitrogen and oxygen atoms in total. The minimum atomic E-state index is -0.305. The van der Waals surface area contributed by atoms with Crippen molar-refractivity contribution in [3.05, 3.63) is 10.4 Å². The van der Waals surface area contributed by atoms with E-state index < -0.39 is 0 Å². The Morgan fingerprint density at radius 2 is 1.33 bits per heavy atom. The van der Waals surface area contributed by atoms with Gasteiger partial charge in [-0.15, -0.1) is 0 Å². The summed E-state index contributed by atoms with van der Waals surface area (Å²) in [6, 6.07) is 0.290. The smallest absolute Gasteiger partial charge is 0.315 e. The molecular weight excluding hydrogens is 652 g/mol. The van der Waals surface area contributed by atoms with Crippen LogP contribution >= 0.6 is 11.8 Å². The Labute approximate surface area is 287 Å².